The standard InChI is InChI=1S/C21H30O/c1-3-4-5-6-7-8-9-17(2)14-18-10-11-20-16-21(22)13-12-19(20)15-18/h10-13,15-17,22H,3-9,14H2,1-2H3. The Hall–Kier alpha value is -1.50. The summed E-state index contributed by atoms with van der Waals surface area (Å²) in [5.41, 5.74) is 1.41. The average molecular weight is 298 g/mol. The van der Waals surface area contributed by atoms with E-state index in [1.807, 2.05) is 12.1 Å². The van der Waals surface area contributed by atoms with Crippen molar-refractivity contribution in [3.05, 3.63) is 42.0 Å². The summed E-state index contributed by atoms with van der Waals surface area (Å²) in [6, 6.07) is 12.2. The first-order valence-corrected chi connectivity index (χ1v) is 8.90. The predicted molar refractivity (Wildman–Crippen MR) is 96.5 cm³/mol. The van der Waals surface area contributed by atoms with E-state index >= 15 is 0 Å². The van der Waals surface area contributed by atoms with Crippen LogP contribution in [0.25, 0.3) is 10.8 Å². The molecule has 1 N–H and O–H groups in total. The number of rotatable bonds is 9. The van der Waals surface area contributed by atoms with Gasteiger partial charge in [-0.1, -0.05) is 83.1 Å². The molecule has 2 rings (SSSR count). The van der Waals surface area contributed by atoms with E-state index in [0.717, 1.165) is 17.7 Å². The number of unbranched alkanes of at least 4 members (excludes halogenated alkanes) is 5. The maximum atomic E-state index is 9.52. The minimum atomic E-state index is 0.344. The highest BCUT2D eigenvalue weighted by molar-refractivity contribution is 5.84. The molecule has 1 heteroatoms. The molecule has 1 unspecified atom stereocenters. The maximum Gasteiger partial charge on any atom is 0.116 e. The van der Waals surface area contributed by atoms with Crippen LogP contribution in [-0.2, 0) is 6.42 Å². The monoisotopic (exact) mass is 298 g/mol. The van der Waals surface area contributed by atoms with Gasteiger partial charge in [0.25, 0.3) is 0 Å². The highest BCUT2D eigenvalue weighted by atomic mass is 16.3. The van der Waals surface area contributed by atoms with Crippen LogP contribution in [0.15, 0.2) is 36.4 Å². The van der Waals surface area contributed by atoms with Crippen LogP contribution in [0.4, 0.5) is 0 Å². The first-order chi connectivity index (χ1) is 10.7. The third kappa shape index (κ3) is 5.36. The molecule has 0 saturated heterocycles. The summed E-state index contributed by atoms with van der Waals surface area (Å²) in [6.45, 7) is 4.64. The molecular weight excluding hydrogens is 268 g/mol. The van der Waals surface area contributed by atoms with Crippen LogP contribution >= 0.6 is 0 Å². The van der Waals surface area contributed by atoms with Gasteiger partial charge in [0.2, 0.25) is 0 Å². The third-order valence-corrected chi connectivity index (χ3v) is 4.52. The topological polar surface area (TPSA) is 20.2 Å². The van der Waals surface area contributed by atoms with Gasteiger partial charge in [0, 0.05) is 0 Å². The number of aromatic hydroxyl groups is 1. The average Bonchev–Trinajstić information content (AvgIpc) is 2.51. The molecule has 120 valence electrons. The van der Waals surface area contributed by atoms with Crippen LogP contribution in [0.2, 0.25) is 0 Å². The van der Waals surface area contributed by atoms with E-state index in [9.17, 15) is 5.11 Å². The number of phenols is 1. The molecule has 1 atom stereocenters. The van der Waals surface area contributed by atoms with Crippen LogP contribution in [0.5, 0.6) is 5.75 Å². The minimum Gasteiger partial charge on any atom is -0.508 e. The molecule has 0 heterocycles. The second-order valence-corrected chi connectivity index (χ2v) is 6.73. The van der Waals surface area contributed by atoms with Crippen molar-refractivity contribution in [2.45, 2.75) is 65.2 Å². The number of benzene rings is 2. The molecule has 1 nitrogen and oxygen atoms in total. The van der Waals surface area contributed by atoms with E-state index in [1.165, 1.54) is 55.9 Å². The van der Waals surface area contributed by atoms with Gasteiger partial charge in [0.15, 0.2) is 0 Å². The molecule has 22 heavy (non-hydrogen) atoms. The third-order valence-electron chi connectivity index (χ3n) is 4.52. The van der Waals surface area contributed by atoms with E-state index in [2.05, 4.69) is 32.0 Å². The predicted octanol–water partition coefficient (Wildman–Crippen LogP) is 6.47. The molecule has 2 aromatic carbocycles. The first kappa shape index (κ1) is 16.9. The van der Waals surface area contributed by atoms with Crippen molar-refractivity contribution in [2.75, 3.05) is 0 Å². The Morgan fingerprint density at radius 3 is 2.36 bits per heavy atom. The van der Waals surface area contributed by atoms with Gasteiger partial charge < -0.3 is 5.11 Å². The lowest BCUT2D eigenvalue weighted by Crippen LogP contribution is -2.00. The molecule has 2 aromatic rings. The molecular formula is C21H30O. The van der Waals surface area contributed by atoms with Gasteiger partial charge in [0.05, 0.1) is 0 Å². The molecule has 0 bridgehead atoms. The Balaban J connectivity index is 1.79. The van der Waals surface area contributed by atoms with Crippen molar-refractivity contribution in [3.63, 3.8) is 0 Å². The summed E-state index contributed by atoms with van der Waals surface area (Å²) >= 11 is 0. The second-order valence-electron chi connectivity index (χ2n) is 6.73. The van der Waals surface area contributed by atoms with Crippen molar-refractivity contribution in [3.8, 4) is 5.75 Å². The molecule has 0 aromatic heterocycles. The highest BCUT2D eigenvalue weighted by Crippen LogP contribution is 2.23. The van der Waals surface area contributed by atoms with Crippen LogP contribution in [0, 0.1) is 5.92 Å². The molecule has 0 radical (unpaired) electrons. The maximum absolute atomic E-state index is 9.52. The Morgan fingerprint density at radius 1 is 0.864 bits per heavy atom. The van der Waals surface area contributed by atoms with Crippen LogP contribution < -0.4 is 0 Å². The Bertz CT molecular complexity index is 573. The normalized spacial score (nSPS) is 12.6. The van der Waals surface area contributed by atoms with Crippen molar-refractivity contribution in [1.29, 1.82) is 0 Å². The van der Waals surface area contributed by atoms with Gasteiger partial charge in [-0.3, -0.25) is 0 Å². The van der Waals surface area contributed by atoms with Crippen molar-refractivity contribution in [2.24, 2.45) is 5.92 Å². The summed E-state index contributed by atoms with van der Waals surface area (Å²) in [4.78, 5) is 0. The lowest BCUT2D eigenvalue weighted by Gasteiger charge is -2.12. The van der Waals surface area contributed by atoms with Gasteiger partial charge in [-0.25, -0.2) is 0 Å². The Morgan fingerprint density at radius 2 is 1.55 bits per heavy atom. The smallest absolute Gasteiger partial charge is 0.116 e. The second kappa shape index (κ2) is 8.82. The summed E-state index contributed by atoms with van der Waals surface area (Å²) in [6.07, 6.45) is 10.8. The summed E-state index contributed by atoms with van der Waals surface area (Å²) < 4.78 is 0. The van der Waals surface area contributed by atoms with Crippen LogP contribution in [0.1, 0.15) is 64.4 Å². The van der Waals surface area contributed by atoms with E-state index < -0.39 is 0 Å². The molecule has 0 amide bonds. The van der Waals surface area contributed by atoms with Crippen molar-refractivity contribution < 1.29 is 5.11 Å². The first-order valence-electron chi connectivity index (χ1n) is 8.90. The van der Waals surface area contributed by atoms with Crippen molar-refractivity contribution >= 4 is 10.8 Å². The summed E-state index contributed by atoms with van der Waals surface area (Å²) in [7, 11) is 0. The Labute approximate surface area is 135 Å². The van der Waals surface area contributed by atoms with Crippen LogP contribution in [0.3, 0.4) is 0 Å². The van der Waals surface area contributed by atoms with Gasteiger partial charge >= 0.3 is 0 Å². The van der Waals surface area contributed by atoms with Gasteiger partial charge in [0.1, 0.15) is 5.75 Å². The molecule has 0 aliphatic heterocycles. The zero-order chi connectivity index (χ0) is 15.8. The van der Waals surface area contributed by atoms with E-state index in [0.29, 0.717) is 5.75 Å². The van der Waals surface area contributed by atoms with E-state index in [-0.39, 0.29) is 0 Å². The Kier molecular flexibility index (Phi) is 6.76. The summed E-state index contributed by atoms with van der Waals surface area (Å²) in [5, 5.41) is 11.9. The minimum absolute atomic E-state index is 0.344. The quantitative estimate of drug-likeness (QED) is 0.526. The molecule has 0 aliphatic rings. The number of fused-ring (bicyclic) bond motifs is 1. The zero-order valence-corrected chi connectivity index (χ0v) is 14.1. The molecule has 0 fully saturated rings. The van der Waals surface area contributed by atoms with E-state index in [4.69, 9.17) is 0 Å². The number of phenolic OH excluding ortho intramolecular Hbond substituents is 1. The van der Waals surface area contributed by atoms with E-state index in [1.54, 1.807) is 6.07 Å². The largest absolute Gasteiger partial charge is 0.508 e. The fraction of sp³-hybridized carbons (Fsp3) is 0.524. The molecule has 0 saturated carbocycles. The fourth-order valence-corrected chi connectivity index (χ4v) is 3.19. The van der Waals surface area contributed by atoms with Gasteiger partial charge in [-0.15, -0.1) is 0 Å². The van der Waals surface area contributed by atoms with Gasteiger partial charge in [-0.2, -0.15) is 0 Å². The SMILES string of the molecule is CCCCCCCCC(C)Cc1ccc2cc(O)ccc2c1. The number of hydrogen-bond donors (Lipinski definition) is 1. The zero-order valence-electron chi connectivity index (χ0n) is 14.1. The van der Waals surface area contributed by atoms with Gasteiger partial charge in [-0.05, 0) is 40.8 Å². The lowest BCUT2D eigenvalue weighted by atomic mass is 9.94. The summed E-state index contributed by atoms with van der Waals surface area (Å²) in [5.74, 6) is 1.09. The number of hydrogen-bond acceptors (Lipinski definition) is 1. The fourth-order valence-electron chi connectivity index (χ4n) is 3.19. The van der Waals surface area contributed by atoms with Crippen LogP contribution in [-0.4, -0.2) is 5.11 Å². The van der Waals surface area contributed by atoms with Crippen molar-refractivity contribution in [1.82, 2.24) is 0 Å². The highest BCUT2D eigenvalue weighted by Gasteiger charge is 2.05. The molecule has 0 aliphatic carbocycles. The lowest BCUT2D eigenvalue weighted by molar-refractivity contribution is 0.476. The molecule has 0 spiro atoms.